The van der Waals surface area contributed by atoms with Gasteiger partial charge in [0.15, 0.2) is 5.11 Å². The molecule has 0 amide bonds. The Morgan fingerprint density at radius 3 is 2.48 bits per heavy atom. The molecular formula is C19H23ClN2O2S. The minimum absolute atomic E-state index is 0.590. The van der Waals surface area contributed by atoms with Gasteiger partial charge in [-0.25, -0.2) is 0 Å². The number of nitrogens with one attached hydrogen (secondary N) is 1. The second-order valence-electron chi connectivity index (χ2n) is 5.90. The molecule has 2 aromatic carbocycles. The van der Waals surface area contributed by atoms with Crippen LogP contribution in [0.3, 0.4) is 0 Å². The SMILES string of the molecule is COc1ccc(CN(C)C(=S)Nc2c(C)cc(C)cc2Cl)c(OC)c1. The Labute approximate surface area is 159 Å². The molecule has 0 bridgehead atoms. The summed E-state index contributed by atoms with van der Waals surface area (Å²) in [6, 6.07) is 9.74. The molecule has 0 unspecified atom stereocenters. The van der Waals surface area contributed by atoms with Crippen LogP contribution in [0.5, 0.6) is 11.5 Å². The van der Waals surface area contributed by atoms with Crippen molar-refractivity contribution < 1.29 is 9.47 Å². The summed E-state index contributed by atoms with van der Waals surface area (Å²) < 4.78 is 10.7. The molecule has 0 aliphatic carbocycles. The van der Waals surface area contributed by atoms with E-state index in [2.05, 4.69) is 11.4 Å². The van der Waals surface area contributed by atoms with Crippen molar-refractivity contribution in [3.05, 3.63) is 52.0 Å². The average molecular weight is 379 g/mol. The Morgan fingerprint density at radius 2 is 1.88 bits per heavy atom. The highest BCUT2D eigenvalue weighted by Gasteiger charge is 2.13. The normalized spacial score (nSPS) is 10.3. The van der Waals surface area contributed by atoms with Crippen molar-refractivity contribution in [3.63, 3.8) is 0 Å². The molecule has 134 valence electrons. The van der Waals surface area contributed by atoms with Crippen molar-refractivity contribution in [2.75, 3.05) is 26.6 Å². The lowest BCUT2D eigenvalue weighted by atomic mass is 10.1. The molecule has 2 aromatic rings. The van der Waals surface area contributed by atoms with Crippen molar-refractivity contribution >= 4 is 34.6 Å². The number of benzene rings is 2. The van der Waals surface area contributed by atoms with Crippen LogP contribution >= 0.6 is 23.8 Å². The molecule has 0 heterocycles. The van der Waals surface area contributed by atoms with Crippen LogP contribution in [0.4, 0.5) is 5.69 Å². The summed E-state index contributed by atoms with van der Waals surface area (Å²) in [5.41, 5.74) is 4.03. The van der Waals surface area contributed by atoms with E-state index in [1.54, 1.807) is 14.2 Å². The third-order valence-electron chi connectivity index (χ3n) is 3.91. The molecule has 0 aromatic heterocycles. The van der Waals surface area contributed by atoms with Crippen LogP contribution in [-0.2, 0) is 6.54 Å². The number of aryl methyl sites for hydroxylation is 2. The summed E-state index contributed by atoms with van der Waals surface area (Å²) in [4.78, 5) is 1.94. The Bertz CT molecular complexity index is 757. The van der Waals surface area contributed by atoms with Crippen LogP contribution in [0.1, 0.15) is 16.7 Å². The standard InChI is InChI=1S/C19H23ClN2O2S/c1-12-8-13(2)18(16(20)9-12)21-19(25)22(3)11-14-6-7-15(23-4)10-17(14)24-5/h6-10H,11H2,1-5H3,(H,21,25). The zero-order valence-corrected chi connectivity index (χ0v) is 16.7. The molecule has 0 fully saturated rings. The second kappa shape index (κ2) is 8.41. The molecule has 1 N–H and O–H groups in total. The van der Waals surface area contributed by atoms with Gasteiger partial charge in [-0.1, -0.05) is 17.7 Å². The molecule has 0 saturated heterocycles. The highest BCUT2D eigenvalue weighted by Crippen LogP contribution is 2.28. The lowest BCUT2D eigenvalue weighted by Gasteiger charge is -2.23. The number of methoxy groups -OCH3 is 2. The number of hydrogen-bond donors (Lipinski definition) is 1. The quantitative estimate of drug-likeness (QED) is 0.755. The molecule has 4 nitrogen and oxygen atoms in total. The van der Waals surface area contributed by atoms with Gasteiger partial charge in [-0.15, -0.1) is 0 Å². The van der Waals surface area contributed by atoms with Gasteiger partial charge in [0.05, 0.1) is 24.9 Å². The third kappa shape index (κ3) is 4.77. The van der Waals surface area contributed by atoms with Gasteiger partial charge in [0.2, 0.25) is 0 Å². The first-order valence-corrected chi connectivity index (χ1v) is 8.64. The highest BCUT2D eigenvalue weighted by atomic mass is 35.5. The number of rotatable bonds is 5. The summed E-state index contributed by atoms with van der Waals surface area (Å²) >= 11 is 11.9. The fourth-order valence-electron chi connectivity index (χ4n) is 2.59. The topological polar surface area (TPSA) is 33.7 Å². The summed E-state index contributed by atoms with van der Waals surface area (Å²) in [6.07, 6.45) is 0. The zero-order chi connectivity index (χ0) is 18.6. The molecule has 0 aliphatic rings. The first-order chi connectivity index (χ1) is 11.8. The number of anilines is 1. The maximum absolute atomic E-state index is 6.35. The van der Waals surface area contributed by atoms with Crippen LogP contribution in [0, 0.1) is 13.8 Å². The number of halogens is 1. The molecule has 0 aliphatic heterocycles. The van der Waals surface area contributed by atoms with Gasteiger partial charge < -0.3 is 19.7 Å². The number of ether oxygens (including phenoxy) is 2. The minimum atomic E-state index is 0.590. The smallest absolute Gasteiger partial charge is 0.173 e. The van der Waals surface area contributed by atoms with Crippen molar-refractivity contribution in [1.29, 1.82) is 0 Å². The van der Waals surface area contributed by atoms with E-state index < -0.39 is 0 Å². The molecular weight excluding hydrogens is 356 g/mol. The van der Waals surface area contributed by atoms with Gasteiger partial charge in [-0.3, -0.25) is 0 Å². The lowest BCUT2D eigenvalue weighted by molar-refractivity contribution is 0.384. The summed E-state index contributed by atoms with van der Waals surface area (Å²) in [5, 5.41) is 4.50. The van der Waals surface area contributed by atoms with Crippen molar-refractivity contribution in [1.82, 2.24) is 4.90 Å². The average Bonchev–Trinajstić information content (AvgIpc) is 2.58. The second-order valence-corrected chi connectivity index (χ2v) is 6.70. The van der Waals surface area contributed by atoms with E-state index in [1.807, 2.05) is 50.1 Å². The van der Waals surface area contributed by atoms with E-state index in [0.717, 1.165) is 33.9 Å². The van der Waals surface area contributed by atoms with E-state index in [1.165, 1.54) is 0 Å². The summed E-state index contributed by atoms with van der Waals surface area (Å²) in [7, 11) is 5.20. The van der Waals surface area contributed by atoms with Gasteiger partial charge in [0, 0.05) is 25.2 Å². The molecule has 2 rings (SSSR count). The van der Waals surface area contributed by atoms with Gasteiger partial charge in [0.1, 0.15) is 11.5 Å². The van der Waals surface area contributed by atoms with Crippen molar-refractivity contribution in [3.8, 4) is 11.5 Å². The fourth-order valence-corrected chi connectivity index (χ4v) is 3.12. The Hall–Kier alpha value is -1.98. The molecule has 0 atom stereocenters. The number of thiocarbonyl (C=S) groups is 1. The van der Waals surface area contributed by atoms with E-state index in [0.29, 0.717) is 16.7 Å². The largest absolute Gasteiger partial charge is 0.497 e. The number of nitrogens with zero attached hydrogens (tertiary/aromatic N) is 1. The monoisotopic (exact) mass is 378 g/mol. The minimum Gasteiger partial charge on any atom is -0.497 e. The van der Waals surface area contributed by atoms with Crippen LogP contribution in [0.15, 0.2) is 30.3 Å². The van der Waals surface area contributed by atoms with E-state index >= 15 is 0 Å². The van der Waals surface area contributed by atoms with E-state index in [-0.39, 0.29) is 0 Å². The van der Waals surface area contributed by atoms with E-state index in [9.17, 15) is 0 Å². The maximum Gasteiger partial charge on any atom is 0.173 e. The lowest BCUT2D eigenvalue weighted by Crippen LogP contribution is -2.31. The number of hydrogen-bond acceptors (Lipinski definition) is 3. The predicted octanol–water partition coefficient (Wildman–Crippen LogP) is 4.80. The van der Waals surface area contributed by atoms with Gasteiger partial charge in [-0.05, 0) is 55.4 Å². The van der Waals surface area contributed by atoms with Gasteiger partial charge >= 0.3 is 0 Å². The first kappa shape index (κ1) is 19.3. The molecule has 25 heavy (non-hydrogen) atoms. The predicted molar refractivity (Wildman–Crippen MR) is 108 cm³/mol. The first-order valence-electron chi connectivity index (χ1n) is 7.85. The van der Waals surface area contributed by atoms with Crippen LogP contribution in [-0.4, -0.2) is 31.3 Å². The Morgan fingerprint density at radius 1 is 1.16 bits per heavy atom. The summed E-state index contributed by atoms with van der Waals surface area (Å²) in [5.74, 6) is 1.52. The van der Waals surface area contributed by atoms with Gasteiger partial charge in [0.25, 0.3) is 0 Å². The molecule has 0 spiro atoms. The third-order valence-corrected chi connectivity index (χ3v) is 4.62. The van der Waals surface area contributed by atoms with Crippen LogP contribution < -0.4 is 14.8 Å². The Balaban J connectivity index is 2.14. The van der Waals surface area contributed by atoms with E-state index in [4.69, 9.17) is 33.3 Å². The zero-order valence-electron chi connectivity index (χ0n) is 15.1. The maximum atomic E-state index is 6.35. The summed E-state index contributed by atoms with van der Waals surface area (Å²) in [6.45, 7) is 4.63. The van der Waals surface area contributed by atoms with Gasteiger partial charge in [-0.2, -0.15) is 0 Å². The molecule has 0 radical (unpaired) electrons. The van der Waals surface area contributed by atoms with Crippen LogP contribution in [0.2, 0.25) is 5.02 Å². The molecule has 0 saturated carbocycles. The van der Waals surface area contributed by atoms with Crippen molar-refractivity contribution in [2.24, 2.45) is 0 Å². The molecule has 6 heteroatoms. The Kier molecular flexibility index (Phi) is 6.51. The highest BCUT2D eigenvalue weighted by molar-refractivity contribution is 7.80. The fraction of sp³-hybridized carbons (Fsp3) is 0.316. The van der Waals surface area contributed by atoms with Crippen LogP contribution in [0.25, 0.3) is 0 Å². The van der Waals surface area contributed by atoms with Crippen molar-refractivity contribution in [2.45, 2.75) is 20.4 Å².